The second kappa shape index (κ2) is 8.36. The van der Waals surface area contributed by atoms with Crippen LogP contribution in [0.5, 0.6) is 0 Å². The first-order chi connectivity index (χ1) is 11.4. The van der Waals surface area contributed by atoms with E-state index in [0.717, 1.165) is 10.7 Å². The second-order valence-corrected chi connectivity index (χ2v) is 6.46. The number of fused-ring (bicyclic) bond motifs is 2. The van der Waals surface area contributed by atoms with Crippen LogP contribution in [0.2, 0.25) is 0 Å². The number of para-hydroxylation sites is 2. The molecule has 0 bridgehead atoms. The molecular formula is C19H16N2S2. The van der Waals surface area contributed by atoms with Crippen LogP contribution in [0.3, 0.4) is 0 Å². The van der Waals surface area contributed by atoms with Crippen LogP contribution in [0.25, 0.3) is 10.1 Å². The summed E-state index contributed by atoms with van der Waals surface area (Å²) in [5.74, 6) is 0. The first kappa shape index (κ1) is 15.6. The second-order valence-electron chi connectivity index (χ2n) is 4.70. The molecule has 4 aromatic rings. The van der Waals surface area contributed by atoms with E-state index in [1.807, 2.05) is 47.2 Å². The third-order valence-corrected chi connectivity index (χ3v) is 4.68. The Morgan fingerprint density at radius 1 is 0.652 bits per heavy atom. The molecule has 114 valence electrons. The Hall–Kier alpha value is -2.30. The minimum atomic E-state index is 0.610. The quantitative estimate of drug-likeness (QED) is 0.450. The standard InChI is InChI=1S/C8H6S.C7H6N2.C4H4S/c1-2-4-8-7(3-1)5-6-9-8;1-2-4-7-6(3-1)8-5-9-7;1-2-4-5-3-1/h1-6H;1-4H,5H2;1-4H. The number of benzene rings is 2. The van der Waals surface area contributed by atoms with Gasteiger partial charge >= 0.3 is 0 Å². The van der Waals surface area contributed by atoms with Gasteiger partial charge in [-0.15, -0.1) is 11.3 Å². The van der Waals surface area contributed by atoms with Gasteiger partial charge in [0.15, 0.2) is 0 Å². The van der Waals surface area contributed by atoms with Crippen LogP contribution >= 0.6 is 22.7 Å². The lowest BCUT2D eigenvalue weighted by Crippen LogP contribution is -2.19. The van der Waals surface area contributed by atoms with Gasteiger partial charge in [-0.3, -0.25) is 9.98 Å². The van der Waals surface area contributed by atoms with Gasteiger partial charge in [0.05, 0.1) is 10.7 Å². The van der Waals surface area contributed by atoms with Gasteiger partial charge in [0, 0.05) is 4.70 Å². The summed E-state index contributed by atoms with van der Waals surface area (Å²) in [7, 11) is 0. The van der Waals surface area contributed by atoms with E-state index < -0.39 is 0 Å². The molecule has 0 radical (unpaired) electrons. The Morgan fingerprint density at radius 3 is 1.91 bits per heavy atom. The molecular weight excluding hydrogens is 320 g/mol. The molecule has 23 heavy (non-hydrogen) atoms. The van der Waals surface area contributed by atoms with Gasteiger partial charge in [-0.25, -0.2) is 0 Å². The van der Waals surface area contributed by atoms with E-state index >= 15 is 0 Å². The molecule has 0 fully saturated rings. The Morgan fingerprint density at radius 2 is 1.30 bits per heavy atom. The van der Waals surface area contributed by atoms with Gasteiger partial charge in [-0.2, -0.15) is 11.3 Å². The van der Waals surface area contributed by atoms with Crippen molar-refractivity contribution in [2.75, 3.05) is 6.67 Å². The van der Waals surface area contributed by atoms with Crippen LogP contribution in [-0.2, 0) is 0 Å². The highest BCUT2D eigenvalue weighted by Crippen LogP contribution is 2.18. The van der Waals surface area contributed by atoms with Crippen molar-refractivity contribution in [3.8, 4) is 0 Å². The highest BCUT2D eigenvalue weighted by Gasteiger charge is 1.90. The van der Waals surface area contributed by atoms with Crippen LogP contribution in [0.15, 0.2) is 92.9 Å². The molecule has 2 nitrogen and oxygen atoms in total. The van der Waals surface area contributed by atoms with E-state index in [0.29, 0.717) is 6.67 Å². The predicted molar refractivity (Wildman–Crippen MR) is 99.8 cm³/mol. The zero-order chi connectivity index (χ0) is 15.7. The first-order valence-corrected chi connectivity index (χ1v) is 9.09. The van der Waals surface area contributed by atoms with Crippen molar-refractivity contribution >= 4 is 32.8 Å². The monoisotopic (exact) mass is 336 g/mol. The summed E-state index contributed by atoms with van der Waals surface area (Å²) in [6.45, 7) is 0.610. The SMILES string of the molecule is c1ccc2c(c1)=NCN=2.c1ccc2sccc2c1.c1ccsc1. The van der Waals surface area contributed by atoms with Crippen LogP contribution in [0.4, 0.5) is 0 Å². The molecule has 3 heterocycles. The number of thiophene rings is 2. The fraction of sp³-hybridized carbons (Fsp3) is 0.0526. The number of hydrogen-bond acceptors (Lipinski definition) is 4. The van der Waals surface area contributed by atoms with Crippen molar-refractivity contribution in [3.05, 3.63) is 93.6 Å². The smallest absolute Gasteiger partial charge is 0.130 e. The third-order valence-electron chi connectivity index (χ3n) is 3.15. The summed E-state index contributed by atoms with van der Waals surface area (Å²) in [6.07, 6.45) is 0. The summed E-state index contributed by atoms with van der Waals surface area (Å²) in [4.78, 5) is 8.27. The number of nitrogens with zero attached hydrogens (tertiary/aromatic N) is 2. The number of rotatable bonds is 0. The molecule has 0 atom stereocenters. The normalized spacial score (nSPS) is 11.1. The van der Waals surface area contributed by atoms with E-state index in [9.17, 15) is 0 Å². The fourth-order valence-corrected chi connectivity index (χ4v) is 3.30. The molecule has 1 aliphatic heterocycles. The molecule has 0 N–H and O–H groups in total. The third kappa shape index (κ3) is 4.58. The molecule has 0 unspecified atom stereocenters. The topological polar surface area (TPSA) is 24.7 Å². The zero-order valence-electron chi connectivity index (χ0n) is 12.5. The summed E-state index contributed by atoms with van der Waals surface area (Å²) >= 11 is 3.50. The molecule has 0 amide bonds. The summed E-state index contributed by atoms with van der Waals surface area (Å²) < 4.78 is 1.37. The highest BCUT2D eigenvalue weighted by atomic mass is 32.1. The molecule has 2 aromatic carbocycles. The van der Waals surface area contributed by atoms with E-state index in [-0.39, 0.29) is 0 Å². The van der Waals surface area contributed by atoms with Crippen LogP contribution in [-0.4, -0.2) is 6.67 Å². The lowest BCUT2D eigenvalue weighted by Gasteiger charge is -1.82. The minimum Gasteiger partial charge on any atom is -0.260 e. The molecule has 0 aliphatic carbocycles. The molecule has 5 rings (SSSR count). The molecule has 0 saturated carbocycles. The van der Waals surface area contributed by atoms with Gasteiger partial charge in [-0.1, -0.05) is 42.5 Å². The van der Waals surface area contributed by atoms with Gasteiger partial charge in [0.1, 0.15) is 6.67 Å². The van der Waals surface area contributed by atoms with Crippen molar-refractivity contribution in [1.29, 1.82) is 0 Å². The average molecular weight is 336 g/mol. The lowest BCUT2D eigenvalue weighted by molar-refractivity contribution is 1.06. The molecule has 2 aromatic heterocycles. The van der Waals surface area contributed by atoms with E-state index in [2.05, 4.69) is 45.7 Å². The van der Waals surface area contributed by atoms with E-state index in [1.54, 1.807) is 22.7 Å². The Bertz CT molecular complexity index is 876. The van der Waals surface area contributed by atoms with Gasteiger partial charge < -0.3 is 0 Å². The van der Waals surface area contributed by atoms with E-state index in [1.165, 1.54) is 10.1 Å². The van der Waals surface area contributed by atoms with Gasteiger partial charge in [0.25, 0.3) is 0 Å². The highest BCUT2D eigenvalue weighted by molar-refractivity contribution is 7.17. The van der Waals surface area contributed by atoms with Crippen LogP contribution in [0, 0.1) is 0 Å². The van der Waals surface area contributed by atoms with Gasteiger partial charge in [0.2, 0.25) is 0 Å². The maximum atomic E-state index is 4.13. The van der Waals surface area contributed by atoms with Crippen molar-refractivity contribution in [1.82, 2.24) is 0 Å². The predicted octanol–water partition coefficient (Wildman–Crippen LogP) is 4.55. The Kier molecular flexibility index (Phi) is 5.67. The molecule has 4 heteroatoms. The summed E-state index contributed by atoms with van der Waals surface area (Å²) in [6, 6.07) is 22.5. The fourth-order valence-electron chi connectivity index (χ4n) is 2.05. The largest absolute Gasteiger partial charge is 0.260 e. The zero-order valence-corrected chi connectivity index (χ0v) is 14.1. The lowest BCUT2D eigenvalue weighted by atomic mass is 10.3. The van der Waals surface area contributed by atoms with Crippen LogP contribution in [0.1, 0.15) is 0 Å². The number of hydrogen-bond donors (Lipinski definition) is 0. The maximum Gasteiger partial charge on any atom is 0.130 e. The van der Waals surface area contributed by atoms with Crippen molar-refractivity contribution in [2.24, 2.45) is 9.98 Å². The van der Waals surface area contributed by atoms with Crippen molar-refractivity contribution < 1.29 is 0 Å². The maximum absolute atomic E-state index is 4.13. The first-order valence-electron chi connectivity index (χ1n) is 7.27. The summed E-state index contributed by atoms with van der Waals surface area (Å²) in [5, 5.41) is 9.60. The molecule has 1 aliphatic rings. The average Bonchev–Trinajstić information content (AvgIpc) is 3.37. The Labute approximate surface area is 143 Å². The minimum absolute atomic E-state index is 0.610. The van der Waals surface area contributed by atoms with Gasteiger partial charge in [-0.05, 0) is 45.8 Å². The Balaban J connectivity index is 0.000000107. The van der Waals surface area contributed by atoms with Crippen molar-refractivity contribution in [2.45, 2.75) is 0 Å². The van der Waals surface area contributed by atoms with E-state index in [4.69, 9.17) is 0 Å². The summed E-state index contributed by atoms with van der Waals surface area (Å²) in [5.41, 5.74) is 0. The molecule has 0 saturated heterocycles. The molecule has 0 spiro atoms. The van der Waals surface area contributed by atoms with Crippen molar-refractivity contribution in [3.63, 3.8) is 0 Å². The van der Waals surface area contributed by atoms with Crippen LogP contribution < -0.4 is 10.7 Å².